The Morgan fingerprint density at radius 2 is 1.52 bits per heavy atom. The number of carboxylic acid groups (broad SMARTS) is 1. The molecule has 0 aliphatic heterocycles. The highest BCUT2D eigenvalue weighted by molar-refractivity contribution is 7.12. The van der Waals surface area contributed by atoms with Crippen LogP contribution in [0.1, 0.15) is 9.67 Å². The van der Waals surface area contributed by atoms with Gasteiger partial charge in [-0.3, -0.25) is 0 Å². The summed E-state index contributed by atoms with van der Waals surface area (Å²) in [6.07, 6.45) is 0. The Bertz CT molecular complexity index is 876. The molecule has 0 saturated carbocycles. The highest BCUT2D eigenvalue weighted by Crippen LogP contribution is 2.21. The standard InChI is InChI=1S/C13H9N.C5H3ClO2S/c1-3-7-12-10(5-1)9-11-6-2-4-8-13(11)14-12;6-3-1-2-9-4(3)5(7)8/h1-9H;1-2H,(H,7,8). The van der Waals surface area contributed by atoms with Crippen LogP contribution in [0.3, 0.4) is 0 Å². The van der Waals surface area contributed by atoms with Crippen LogP contribution in [0.5, 0.6) is 0 Å². The summed E-state index contributed by atoms with van der Waals surface area (Å²) < 4.78 is 0. The summed E-state index contributed by atoms with van der Waals surface area (Å²) in [6, 6.07) is 20.1. The molecule has 0 fully saturated rings. The fourth-order valence-electron chi connectivity index (χ4n) is 2.17. The van der Waals surface area contributed by atoms with Crippen molar-refractivity contribution in [2.75, 3.05) is 0 Å². The lowest BCUT2D eigenvalue weighted by Gasteiger charge is -1.99. The van der Waals surface area contributed by atoms with Gasteiger partial charge in [-0.05, 0) is 29.6 Å². The molecule has 2 heterocycles. The quantitative estimate of drug-likeness (QED) is 0.466. The fraction of sp³-hybridized carbons (Fsp3) is 0. The number of pyridine rings is 1. The van der Waals surface area contributed by atoms with Gasteiger partial charge in [-0.1, -0.05) is 48.0 Å². The Morgan fingerprint density at radius 1 is 0.957 bits per heavy atom. The minimum atomic E-state index is -0.963. The second kappa shape index (κ2) is 6.77. The number of carboxylic acids is 1. The largest absolute Gasteiger partial charge is 0.477 e. The van der Waals surface area contributed by atoms with E-state index in [-0.39, 0.29) is 4.88 Å². The van der Waals surface area contributed by atoms with Gasteiger partial charge in [0.05, 0.1) is 16.1 Å². The van der Waals surface area contributed by atoms with Gasteiger partial charge < -0.3 is 5.11 Å². The Kier molecular flexibility index (Phi) is 4.55. The number of carbonyl (C=O) groups is 1. The Hall–Kier alpha value is -2.43. The van der Waals surface area contributed by atoms with Crippen LogP contribution in [-0.4, -0.2) is 16.1 Å². The van der Waals surface area contributed by atoms with Gasteiger partial charge >= 0.3 is 5.97 Å². The van der Waals surface area contributed by atoms with Crippen molar-refractivity contribution >= 4 is 50.7 Å². The number of benzene rings is 2. The van der Waals surface area contributed by atoms with Crippen molar-refractivity contribution in [2.45, 2.75) is 0 Å². The molecule has 0 aliphatic rings. The van der Waals surface area contributed by atoms with E-state index in [0.717, 1.165) is 22.4 Å². The number of para-hydroxylation sites is 2. The number of aromatic carboxylic acids is 1. The zero-order valence-electron chi connectivity index (χ0n) is 11.9. The van der Waals surface area contributed by atoms with Gasteiger partial charge in [0.1, 0.15) is 4.88 Å². The van der Waals surface area contributed by atoms with E-state index in [1.54, 1.807) is 11.4 Å². The molecule has 4 aromatic rings. The van der Waals surface area contributed by atoms with Crippen LogP contribution in [0.15, 0.2) is 66.0 Å². The first-order chi connectivity index (χ1) is 11.1. The molecule has 0 unspecified atom stereocenters. The van der Waals surface area contributed by atoms with Crippen LogP contribution in [0.2, 0.25) is 5.02 Å². The molecular weight excluding hydrogens is 330 g/mol. The average Bonchev–Trinajstić information content (AvgIpc) is 3.00. The minimum Gasteiger partial charge on any atom is -0.477 e. The van der Waals surface area contributed by atoms with E-state index >= 15 is 0 Å². The molecule has 0 bridgehead atoms. The summed E-state index contributed by atoms with van der Waals surface area (Å²) in [5, 5.41) is 12.7. The van der Waals surface area contributed by atoms with Crippen LogP contribution >= 0.6 is 22.9 Å². The Labute approximate surface area is 141 Å². The summed E-state index contributed by atoms with van der Waals surface area (Å²) in [5.74, 6) is -0.963. The average molecular weight is 342 g/mol. The molecule has 0 atom stereocenters. The van der Waals surface area contributed by atoms with Crippen LogP contribution in [-0.2, 0) is 0 Å². The van der Waals surface area contributed by atoms with Gasteiger partial charge in [0.2, 0.25) is 0 Å². The predicted octanol–water partition coefficient (Wildman–Crippen LogP) is 5.49. The fourth-order valence-corrected chi connectivity index (χ4v) is 3.14. The number of rotatable bonds is 1. The molecule has 5 heteroatoms. The number of aromatic nitrogens is 1. The number of halogens is 1. The molecule has 0 amide bonds. The third-order valence-corrected chi connectivity index (χ3v) is 4.57. The van der Waals surface area contributed by atoms with E-state index in [0.29, 0.717) is 5.02 Å². The lowest BCUT2D eigenvalue weighted by Crippen LogP contribution is -1.91. The molecule has 3 nitrogen and oxygen atoms in total. The van der Waals surface area contributed by atoms with Crippen molar-refractivity contribution in [1.82, 2.24) is 4.98 Å². The molecular formula is C18H12ClNO2S. The first-order valence-corrected chi connectivity index (χ1v) is 8.12. The maximum absolute atomic E-state index is 10.2. The molecule has 2 aromatic carbocycles. The highest BCUT2D eigenvalue weighted by Gasteiger charge is 2.07. The Morgan fingerprint density at radius 3 is 1.96 bits per heavy atom. The molecule has 4 rings (SSSR count). The summed E-state index contributed by atoms with van der Waals surface area (Å²) in [7, 11) is 0. The number of thiophene rings is 1. The third-order valence-electron chi connectivity index (χ3n) is 3.24. The SMILES string of the molecule is O=C(O)c1sccc1Cl.c1ccc2nc3ccccc3cc2c1. The van der Waals surface area contributed by atoms with Crippen LogP contribution in [0.25, 0.3) is 21.8 Å². The van der Waals surface area contributed by atoms with E-state index in [1.165, 1.54) is 10.8 Å². The summed E-state index contributed by atoms with van der Waals surface area (Å²) in [6.45, 7) is 0. The van der Waals surface area contributed by atoms with Gasteiger partial charge in [-0.25, -0.2) is 9.78 Å². The Balaban J connectivity index is 0.000000151. The van der Waals surface area contributed by atoms with Gasteiger partial charge in [-0.2, -0.15) is 0 Å². The van der Waals surface area contributed by atoms with Crippen LogP contribution in [0.4, 0.5) is 0 Å². The summed E-state index contributed by atoms with van der Waals surface area (Å²) in [4.78, 5) is 15.0. The van der Waals surface area contributed by atoms with Gasteiger partial charge in [-0.15, -0.1) is 11.3 Å². The lowest BCUT2D eigenvalue weighted by atomic mass is 10.1. The van der Waals surface area contributed by atoms with Crippen molar-refractivity contribution in [3.8, 4) is 0 Å². The number of nitrogens with zero attached hydrogens (tertiary/aromatic N) is 1. The topological polar surface area (TPSA) is 50.2 Å². The number of hydrogen-bond acceptors (Lipinski definition) is 3. The van der Waals surface area contributed by atoms with Crippen molar-refractivity contribution in [3.63, 3.8) is 0 Å². The van der Waals surface area contributed by atoms with Gasteiger partial charge in [0.25, 0.3) is 0 Å². The molecule has 0 spiro atoms. The first kappa shape index (κ1) is 15.5. The predicted molar refractivity (Wildman–Crippen MR) is 95.5 cm³/mol. The maximum atomic E-state index is 10.2. The van der Waals surface area contributed by atoms with Gasteiger partial charge in [0.15, 0.2) is 0 Å². The van der Waals surface area contributed by atoms with E-state index in [1.807, 2.05) is 36.4 Å². The lowest BCUT2D eigenvalue weighted by molar-refractivity contribution is 0.0702. The minimum absolute atomic E-state index is 0.205. The third kappa shape index (κ3) is 3.50. The van der Waals surface area contributed by atoms with Crippen LogP contribution < -0.4 is 0 Å². The van der Waals surface area contributed by atoms with E-state index in [4.69, 9.17) is 16.7 Å². The monoisotopic (exact) mass is 341 g/mol. The maximum Gasteiger partial charge on any atom is 0.347 e. The van der Waals surface area contributed by atoms with Crippen molar-refractivity contribution in [2.24, 2.45) is 0 Å². The number of hydrogen-bond donors (Lipinski definition) is 1. The summed E-state index contributed by atoms with van der Waals surface area (Å²) in [5.41, 5.74) is 2.12. The molecule has 0 radical (unpaired) electrons. The molecule has 0 aliphatic carbocycles. The van der Waals surface area contributed by atoms with Crippen LogP contribution in [0, 0.1) is 0 Å². The first-order valence-electron chi connectivity index (χ1n) is 6.86. The molecule has 2 aromatic heterocycles. The number of fused-ring (bicyclic) bond motifs is 2. The molecule has 114 valence electrons. The van der Waals surface area contributed by atoms with E-state index in [2.05, 4.69) is 23.2 Å². The van der Waals surface area contributed by atoms with E-state index in [9.17, 15) is 4.79 Å². The molecule has 23 heavy (non-hydrogen) atoms. The molecule has 1 N–H and O–H groups in total. The smallest absolute Gasteiger partial charge is 0.347 e. The van der Waals surface area contributed by atoms with E-state index < -0.39 is 5.97 Å². The van der Waals surface area contributed by atoms with Gasteiger partial charge in [0, 0.05) is 10.8 Å². The van der Waals surface area contributed by atoms with Crippen molar-refractivity contribution in [1.29, 1.82) is 0 Å². The highest BCUT2D eigenvalue weighted by atomic mass is 35.5. The summed E-state index contributed by atoms with van der Waals surface area (Å²) >= 11 is 6.59. The molecule has 0 saturated heterocycles. The van der Waals surface area contributed by atoms with Crippen molar-refractivity contribution in [3.05, 3.63) is 75.9 Å². The zero-order valence-corrected chi connectivity index (χ0v) is 13.5. The van der Waals surface area contributed by atoms with Crippen molar-refractivity contribution < 1.29 is 9.90 Å². The normalized spacial score (nSPS) is 10.3. The second-order valence-electron chi connectivity index (χ2n) is 4.78. The zero-order chi connectivity index (χ0) is 16.2. The second-order valence-corrected chi connectivity index (χ2v) is 6.10.